The molecule has 4 rings (SSSR count). The third-order valence-corrected chi connectivity index (χ3v) is 6.69. The Labute approximate surface area is 152 Å². The second kappa shape index (κ2) is 6.79. The Bertz CT molecular complexity index is 765. The third kappa shape index (κ3) is 3.06. The number of benzene rings is 1. The molecule has 0 bridgehead atoms. The van der Waals surface area contributed by atoms with E-state index < -0.39 is 0 Å². The fraction of sp³-hybridized carbons (Fsp3) is 0.500. The number of piperidine rings is 1. The minimum Gasteiger partial charge on any atom is -0.497 e. The molecule has 1 amide bonds. The van der Waals surface area contributed by atoms with Gasteiger partial charge in [0.2, 0.25) is 0 Å². The molecule has 1 aliphatic heterocycles. The van der Waals surface area contributed by atoms with E-state index in [1.54, 1.807) is 13.3 Å². The van der Waals surface area contributed by atoms with Gasteiger partial charge in [0, 0.05) is 17.6 Å². The number of carbonyl (C=O) groups is 1. The predicted octanol–water partition coefficient (Wildman–Crippen LogP) is 4.76. The highest BCUT2D eigenvalue weighted by molar-refractivity contribution is 7.16. The van der Waals surface area contributed by atoms with Gasteiger partial charge >= 0.3 is 0 Å². The van der Waals surface area contributed by atoms with Crippen LogP contribution in [0.3, 0.4) is 0 Å². The van der Waals surface area contributed by atoms with Gasteiger partial charge < -0.3 is 9.64 Å². The number of ether oxygens (including phenoxy) is 1. The van der Waals surface area contributed by atoms with Crippen molar-refractivity contribution in [3.05, 3.63) is 35.3 Å². The first-order valence-electron chi connectivity index (χ1n) is 9.14. The summed E-state index contributed by atoms with van der Waals surface area (Å²) in [6.07, 6.45) is 10.1. The van der Waals surface area contributed by atoms with E-state index in [0.29, 0.717) is 0 Å². The fourth-order valence-corrected chi connectivity index (χ4v) is 5.22. The van der Waals surface area contributed by atoms with Gasteiger partial charge in [0.1, 0.15) is 15.6 Å². The van der Waals surface area contributed by atoms with Gasteiger partial charge in [-0.25, -0.2) is 4.98 Å². The van der Waals surface area contributed by atoms with Gasteiger partial charge in [0.05, 0.1) is 13.3 Å². The molecule has 1 aromatic heterocycles. The van der Waals surface area contributed by atoms with Gasteiger partial charge in [-0.1, -0.05) is 25.0 Å². The van der Waals surface area contributed by atoms with E-state index in [-0.39, 0.29) is 11.4 Å². The fourth-order valence-electron chi connectivity index (χ4n) is 4.36. The lowest BCUT2D eigenvalue weighted by atomic mass is 9.85. The van der Waals surface area contributed by atoms with E-state index in [1.807, 2.05) is 24.3 Å². The first-order chi connectivity index (χ1) is 12.2. The molecule has 1 aliphatic carbocycles. The van der Waals surface area contributed by atoms with Gasteiger partial charge in [-0.05, 0) is 44.2 Å². The summed E-state index contributed by atoms with van der Waals surface area (Å²) in [6.45, 7) is 0.894. The van der Waals surface area contributed by atoms with Crippen LogP contribution >= 0.6 is 11.3 Å². The van der Waals surface area contributed by atoms with Gasteiger partial charge in [-0.3, -0.25) is 4.79 Å². The number of nitrogens with zero attached hydrogens (tertiary/aromatic N) is 2. The monoisotopic (exact) mass is 356 g/mol. The molecule has 1 aromatic carbocycles. The maximum Gasteiger partial charge on any atom is 0.266 e. The van der Waals surface area contributed by atoms with Crippen LogP contribution < -0.4 is 4.74 Å². The van der Waals surface area contributed by atoms with E-state index in [0.717, 1.165) is 34.2 Å². The summed E-state index contributed by atoms with van der Waals surface area (Å²) in [5.74, 6) is 0.981. The van der Waals surface area contributed by atoms with E-state index in [1.165, 1.54) is 49.9 Å². The zero-order valence-electron chi connectivity index (χ0n) is 14.7. The highest BCUT2D eigenvalue weighted by atomic mass is 32.1. The molecule has 2 heterocycles. The largest absolute Gasteiger partial charge is 0.497 e. The van der Waals surface area contributed by atoms with Crippen LogP contribution in [-0.4, -0.2) is 35.0 Å². The molecule has 2 aromatic rings. The summed E-state index contributed by atoms with van der Waals surface area (Å²) in [5, 5.41) is 0.875. The number of likely N-dealkylation sites (tertiary alicyclic amines) is 1. The molecule has 5 heteroatoms. The summed E-state index contributed by atoms with van der Waals surface area (Å²) in [7, 11) is 1.66. The van der Waals surface area contributed by atoms with Crippen LogP contribution in [0.15, 0.2) is 30.5 Å². The molecule has 0 N–H and O–H groups in total. The lowest BCUT2D eigenvalue weighted by Gasteiger charge is -2.45. The van der Waals surface area contributed by atoms with Crippen molar-refractivity contribution in [3.8, 4) is 16.3 Å². The average Bonchev–Trinajstić information content (AvgIpc) is 3.32. The van der Waals surface area contributed by atoms with Crippen molar-refractivity contribution in [2.45, 2.75) is 50.5 Å². The normalized spacial score (nSPS) is 19.3. The summed E-state index contributed by atoms with van der Waals surface area (Å²) in [4.78, 5) is 20.6. The van der Waals surface area contributed by atoms with Crippen molar-refractivity contribution in [1.82, 2.24) is 9.88 Å². The summed E-state index contributed by atoms with van der Waals surface area (Å²) in [6, 6.07) is 7.84. The van der Waals surface area contributed by atoms with Crippen molar-refractivity contribution in [2.24, 2.45) is 0 Å². The molecule has 2 aliphatic rings. The average molecular weight is 356 g/mol. The molecule has 4 nitrogen and oxygen atoms in total. The molecule has 1 saturated heterocycles. The summed E-state index contributed by atoms with van der Waals surface area (Å²) >= 11 is 1.49. The Morgan fingerprint density at radius 1 is 1.20 bits per heavy atom. The number of thiazole rings is 1. The van der Waals surface area contributed by atoms with Gasteiger partial charge in [0.15, 0.2) is 0 Å². The topological polar surface area (TPSA) is 42.4 Å². The molecule has 25 heavy (non-hydrogen) atoms. The predicted molar refractivity (Wildman–Crippen MR) is 100 cm³/mol. The minimum atomic E-state index is 0.120. The zero-order valence-corrected chi connectivity index (χ0v) is 15.5. The molecule has 1 spiro atoms. The SMILES string of the molecule is COc1cccc(-c2ncc(C(=O)N3CCCCC34CCCC4)s2)c1. The van der Waals surface area contributed by atoms with Crippen LogP contribution in [0.25, 0.3) is 10.6 Å². The van der Waals surface area contributed by atoms with Crippen molar-refractivity contribution in [1.29, 1.82) is 0 Å². The molecule has 2 fully saturated rings. The van der Waals surface area contributed by atoms with Crippen molar-refractivity contribution < 1.29 is 9.53 Å². The van der Waals surface area contributed by atoms with Crippen LogP contribution in [-0.2, 0) is 0 Å². The lowest BCUT2D eigenvalue weighted by Crippen LogP contribution is -2.52. The second-order valence-electron chi connectivity index (χ2n) is 7.11. The van der Waals surface area contributed by atoms with Crippen molar-refractivity contribution in [3.63, 3.8) is 0 Å². The lowest BCUT2D eigenvalue weighted by molar-refractivity contribution is 0.0339. The number of amides is 1. The maximum atomic E-state index is 13.2. The molecule has 0 atom stereocenters. The quantitative estimate of drug-likeness (QED) is 0.796. The summed E-state index contributed by atoms with van der Waals surface area (Å²) in [5.41, 5.74) is 1.12. The van der Waals surface area contributed by atoms with Gasteiger partial charge in [0.25, 0.3) is 5.91 Å². The molecular weight excluding hydrogens is 332 g/mol. The van der Waals surface area contributed by atoms with E-state index in [9.17, 15) is 4.79 Å². The van der Waals surface area contributed by atoms with Crippen molar-refractivity contribution >= 4 is 17.2 Å². The number of hydrogen-bond donors (Lipinski definition) is 0. The molecular formula is C20H24N2O2S. The number of carbonyl (C=O) groups excluding carboxylic acids is 1. The van der Waals surface area contributed by atoms with E-state index >= 15 is 0 Å². The minimum absolute atomic E-state index is 0.120. The van der Waals surface area contributed by atoms with E-state index in [2.05, 4.69) is 9.88 Å². The van der Waals surface area contributed by atoms with E-state index in [4.69, 9.17) is 4.74 Å². The van der Waals surface area contributed by atoms with Crippen LogP contribution in [0.4, 0.5) is 0 Å². The van der Waals surface area contributed by atoms with Crippen LogP contribution in [0, 0.1) is 0 Å². The second-order valence-corrected chi connectivity index (χ2v) is 8.14. The number of methoxy groups -OCH3 is 1. The Morgan fingerprint density at radius 3 is 2.72 bits per heavy atom. The number of rotatable bonds is 3. The standard InChI is InChI=1S/C20H24N2O2S/c1-24-16-8-6-7-15(13-16)18-21-14-17(25-18)19(23)22-12-5-4-11-20(22)9-2-3-10-20/h6-8,13-14H,2-5,9-12H2,1H3. The summed E-state index contributed by atoms with van der Waals surface area (Å²) < 4.78 is 5.29. The highest BCUT2D eigenvalue weighted by Gasteiger charge is 2.43. The Balaban J connectivity index is 1.59. The molecule has 0 radical (unpaired) electrons. The van der Waals surface area contributed by atoms with Crippen LogP contribution in [0.1, 0.15) is 54.6 Å². The Hall–Kier alpha value is -1.88. The van der Waals surface area contributed by atoms with Gasteiger partial charge in [-0.15, -0.1) is 11.3 Å². The Morgan fingerprint density at radius 2 is 1.96 bits per heavy atom. The highest BCUT2D eigenvalue weighted by Crippen LogP contribution is 2.43. The first-order valence-corrected chi connectivity index (χ1v) is 9.96. The zero-order chi connectivity index (χ0) is 17.3. The van der Waals surface area contributed by atoms with Crippen LogP contribution in [0.5, 0.6) is 5.75 Å². The van der Waals surface area contributed by atoms with Gasteiger partial charge in [-0.2, -0.15) is 0 Å². The number of hydrogen-bond acceptors (Lipinski definition) is 4. The third-order valence-electron chi connectivity index (χ3n) is 5.66. The molecule has 0 unspecified atom stereocenters. The molecule has 1 saturated carbocycles. The number of aromatic nitrogens is 1. The molecule has 132 valence electrons. The van der Waals surface area contributed by atoms with Crippen LogP contribution in [0.2, 0.25) is 0 Å². The van der Waals surface area contributed by atoms with Crippen molar-refractivity contribution in [2.75, 3.05) is 13.7 Å². The smallest absolute Gasteiger partial charge is 0.266 e. The maximum absolute atomic E-state index is 13.2. The first kappa shape index (κ1) is 16.6. The Kier molecular flexibility index (Phi) is 4.50.